The third kappa shape index (κ3) is 5.22. The van der Waals surface area contributed by atoms with Gasteiger partial charge in [-0.3, -0.25) is 10.1 Å². The van der Waals surface area contributed by atoms with Crippen LogP contribution in [0, 0.1) is 10.1 Å². The van der Waals surface area contributed by atoms with Gasteiger partial charge in [0.25, 0.3) is 5.69 Å². The molecule has 0 amide bonds. The van der Waals surface area contributed by atoms with Gasteiger partial charge >= 0.3 is 0 Å². The van der Waals surface area contributed by atoms with Gasteiger partial charge in [-0.25, -0.2) is 0 Å². The molecule has 6 nitrogen and oxygen atoms in total. The van der Waals surface area contributed by atoms with E-state index in [0.29, 0.717) is 33.9 Å². The maximum absolute atomic E-state index is 11.1. The molecule has 0 aliphatic heterocycles. The number of benzene rings is 2. The summed E-state index contributed by atoms with van der Waals surface area (Å²) in [5.41, 5.74) is 0.324. The zero-order valence-corrected chi connectivity index (χ0v) is 14.1. The first-order valence-electron chi connectivity index (χ1n) is 6.86. The first-order valence-corrected chi connectivity index (χ1v) is 7.65. The molecule has 2 N–H and O–H groups in total. The highest BCUT2D eigenvalue weighted by atomic mass is 35.5. The fourth-order valence-electron chi connectivity index (χ4n) is 1.80. The van der Waals surface area contributed by atoms with Gasteiger partial charge in [-0.15, -0.1) is 6.58 Å². The van der Waals surface area contributed by atoms with Crippen LogP contribution in [0.5, 0.6) is 11.5 Å². The Labute approximate surface area is 149 Å². The molecule has 0 bridgehead atoms. The smallest absolute Gasteiger partial charge is 0.275 e. The van der Waals surface area contributed by atoms with E-state index in [0.717, 1.165) is 0 Å². The van der Waals surface area contributed by atoms with Gasteiger partial charge in [0.2, 0.25) is 0 Å². The molecule has 0 aliphatic rings. The SMILES string of the molecule is C=CCNC(=S)Nc1cc(Oc2ccc(Cl)cc2)cc([N+](=O)[O-])c1. The number of hydrogen-bond donors (Lipinski definition) is 2. The molecule has 124 valence electrons. The number of nitrogens with zero attached hydrogens (tertiary/aromatic N) is 1. The Hall–Kier alpha value is -2.64. The number of nitro benzene ring substituents is 1. The van der Waals surface area contributed by atoms with Crippen LogP contribution in [-0.2, 0) is 0 Å². The largest absolute Gasteiger partial charge is 0.457 e. The molecule has 0 heterocycles. The Balaban J connectivity index is 2.23. The second kappa shape index (κ2) is 8.28. The monoisotopic (exact) mass is 363 g/mol. The molecule has 0 radical (unpaired) electrons. The molecule has 2 aromatic carbocycles. The predicted octanol–water partition coefficient (Wildman–Crippen LogP) is 4.51. The van der Waals surface area contributed by atoms with Crippen LogP contribution in [0.3, 0.4) is 0 Å². The second-order valence-electron chi connectivity index (χ2n) is 4.65. The van der Waals surface area contributed by atoms with Gasteiger partial charge in [0.1, 0.15) is 11.5 Å². The van der Waals surface area contributed by atoms with Crippen molar-refractivity contribution in [3.63, 3.8) is 0 Å². The fourth-order valence-corrected chi connectivity index (χ4v) is 2.13. The maximum Gasteiger partial charge on any atom is 0.275 e. The normalized spacial score (nSPS) is 9.88. The predicted molar refractivity (Wildman–Crippen MR) is 99.0 cm³/mol. The highest BCUT2D eigenvalue weighted by molar-refractivity contribution is 7.80. The summed E-state index contributed by atoms with van der Waals surface area (Å²) in [6, 6.07) is 11.0. The number of non-ortho nitro benzene ring substituents is 1. The summed E-state index contributed by atoms with van der Waals surface area (Å²) in [4.78, 5) is 10.6. The van der Waals surface area contributed by atoms with Crippen molar-refractivity contribution < 1.29 is 9.66 Å². The van der Waals surface area contributed by atoms with Crippen LogP contribution in [0.1, 0.15) is 0 Å². The number of hydrogen-bond acceptors (Lipinski definition) is 4. The molecule has 0 spiro atoms. The van der Waals surface area contributed by atoms with Gasteiger partial charge in [-0.1, -0.05) is 17.7 Å². The molecule has 0 saturated carbocycles. The van der Waals surface area contributed by atoms with Crippen LogP contribution in [-0.4, -0.2) is 16.6 Å². The third-order valence-corrected chi connectivity index (χ3v) is 3.31. The molecule has 0 fully saturated rings. The average molecular weight is 364 g/mol. The highest BCUT2D eigenvalue weighted by Crippen LogP contribution is 2.30. The minimum absolute atomic E-state index is 0.115. The van der Waals surface area contributed by atoms with E-state index in [1.54, 1.807) is 36.4 Å². The van der Waals surface area contributed by atoms with Crippen LogP contribution in [0.25, 0.3) is 0 Å². The number of thiocarbonyl (C=S) groups is 1. The van der Waals surface area contributed by atoms with E-state index in [4.69, 9.17) is 28.6 Å². The minimum Gasteiger partial charge on any atom is -0.457 e. The van der Waals surface area contributed by atoms with E-state index < -0.39 is 4.92 Å². The lowest BCUT2D eigenvalue weighted by molar-refractivity contribution is -0.384. The Morgan fingerprint density at radius 3 is 2.62 bits per heavy atom. The molecule has 0 atom stereocenters. The van der Waals surface area contributed by atoms with E-state index in [-0.39, 0.29) is 5.69 Å². The molecule has 0 saturated heterocycles. The number of anilines is 1. The number of nitro groups is 1. The maximum atomic E-state index is 11.1. The first-order chi connectivity index (χ1) is 11.5. The lowest BCUT2D eigenvalue weighted by Gasteiger charge is -2.11. The van der Waals surface area contributed by atoms with Crippen LogP contribution in [0.4, 0.5) is 11.4 Å². The van der Waals surface area contributed by atoms with Crippen molar-refractivity contribution in [1.29, 1.82) is 0 Å². The number of rotatable bonds is 6. The Morgan fingerprint density at radius 1 is 1.29 bits per heavy atom. The molecule has 2 aromatic rings. The van der Waals surface area contributed by atoms with Crippen molar-refractivity contribution in [1.82, 2.24) is 5.32 Å². The molecular weight excluding hydrogens is 350 g/mol. The van der Waals surface area contributed by atoms with Gasteiger partial charge in [0.05, 0.1) is 16.7 Å². The minimum atomic E-state index is -0.500. The summed E-state index contributed by atoms with van der Waals surface area (Å²) in [7, 11) is 0. The van der Waals surface area contributed by atoms with Crippen LogP contribution >= 0.6 is 23.8 Å². The van der Waals surface area contributed by atoms with E-state index in [9.17, 15) is 10.1 Å². The molecular formula is C16H14ClN3O3S. The van der Waals surface area contributed by atoms with Crippen molar-refractivity contribution in [2.24, 2.45) is 0 Å². The van der Waals surface area contributed by atoms with E-state index in [2.05, 4.69) is 17.2 Å². The zero-order valence-electron chi connectivity index (χ0n) is 12.5. The van der Waals surface area contributed by atoms with E-state index >= 15 is 0 Å². The Bertz CT molecular complexity index is 766. The summed E-state index contributed by atoms with van der Waals surface area (Å²) < 4.78 is 5.64. The van der Waals surface area contributed by atoms with Crippen molar-refractivity contribution in [2.45, 2.75) is 0 Å². The molecule has 2 rings (SSSR count). The summed E-state index contributed by atoms with van der Waals surface area (Å²) in [5.74, 6) is 0.818. The van der Waals surface area contributed by atoms with Gasteiger partial charge < -0.3 is 15.4 Å². The molecule has 8 heteroatoms. The van der Waals surface area contributed by atoms with Crippen molar-refractivity contribution in [2.75, 3.05) is 11.9 Å². The van der Waals surface area contributed by atoms with Gasteiger partial charge in [-0.2, -0.15) is 0 Å². The number of halogens is 1. The zero-order chi connectivity index (χ0) is 17.5. The summed E-state index contributed by atoms with van der Waals surface area (Å²) in [6.07, 6.45) is 1.65. The summed E-state index contributed by atoms with van der Waals surface area (Å²) in [5, 5.41) is 17.8. The molecule has 0 aliphatic carbocycles. The van der Waals surface area contributed by atoms with E-state index in [1.807, 2.05) is 0 Å². The number of nitrogens with one attached hydrogen (secondary N) is 2. The lowest BCUT2D eigenvalue weighted by atomic mass is 10.2. The van der Waals surface area contributed by atoms with Crippen molar-refractivity contribution in [3.05, 3.63) is 70.3 Å². The van der Waals surface area contributed by atoms with Gasteiger partial charge in [-0.05, 0) is 36.5 Å². The highest BCUT2D eigenvalue weighted by Gasteiger charge is 2.12. The van der Waals surface area contributed by atoms with Crippen LogP contribution in [0.15, 0.2) is 55.1 Å². The Morgan fingerprint density at radius 2 is 2.00 bits per heavy atom. The lowest BCUT2D eigenvalue weighted by Crippen LogP contribution is -2.28. The first kappa shape index (κ1) is 17.7. The summed E-state index contributed by atoms with van der Waals surface area (Å²) >= 11 is 10.9. The average Bonchev–Trinajstić information content (AvgIpc) is 2.55. The van der Waals surface area contributed by atoms with E-state index in [1.165, 1.54) is 12.1 Å². The fraction of sp³-hybridized carbons (Fsp3) is 0.0625. The topological polar surface area (TPSA) is 76.4 Å². The van der Waals surface area contributed by atoms with Crippen LogP contribution < -0.4 is 15.4 Å². The second-order valence-corrected chi connectivity index (χ2v) is 5.50. The molecule has 0 aromatic heterocycles. The third-order valence-electron chi connectivity index (χ3n) is 2.82. The summed E-state index contributed by atoms with van der Waals surface area (Å²) in [6.45, 7) is 4.06. The van der Waals surface area contributed by atoms with Crippen LogP contribution in [0.2, 0.25) is 5.02 Å². The Kier molecular flexibility index (Phi) is 6.11. The molecule has 0 unspecified atom stereocenters. The van der Waals surface area contributed by atoms with Gasteiger partial charge in [0, 0.05) is 23.7 Å². The van der Waals surface area contributed by atoms with Crippen molar-refractivity contribution in [3.8, 4) is 11.5 Å². The quantitative estimate of drug-likeness (QED) is 0.340. The number of ether oxygens (including phenoxy) is 1. The molecule has 24 heavy (non-hydrogen) atoms. The standard InChI is InChI=1S/C16H14ClN3O3S/c1-2-7-18-16(24)19-12-8-13(20(21)22)10-15(9-12)23-14-5-3-11(17)4-6-14/h2-6,8-10H,1,7H2,(H2,18,19,24). The van der Waals surface area contributed by atoms with Gasteiger partial charge in [0.15, 0.2) is 5.11 Å². The van der Waals surface area contributed by atoms with Crippen molar-refractivity contribution >= 4 is 40.3 Å².